The van der Waals surface area contributed by atoms with Crippen LogP contribution in [-0.4, -0.2) is 17.4 Å². The SMILES string of the molecule is Cl.NCCCC(=O)Nc1ncc(Cc2ccccc2)s1. The zero-order chi connectivity index (χ0) is 13.5. The molecule has 1 amide bonds. The third kappa shape index (κ3) is 5.28. The van der Waals surface area contributed by atoms with Gasteiger partial charge in [0.25, 0.3) is 0 Å². The van der Waals surface area contributed by atoms with Gasteiger partial charge in [0, 0.05) is 23.9 Å². The van der Waals surface area contributed by atoms with Crippen LogP contribution in [0.1, 0.15) is 23.3 Å². The van der Waals surface area contributed by atoms with Crippen LogP contribution < -0.4 is 11.1 Å². The molecule has 0 unspecified atom stereocenters. The van der Waals surface area contributed by atoms with Crippen LogP contribution in [0.3, 0.4) is 0 Å². The molecule has 0 bridgehead atoms. The van der Waals surface area contributed by atoms with Crippen molar-refractivity contribution in [3.8, 4) is 0 Å². The first-order valence-electron chi connectivity index (χ1n) is 6.26. The van der Waals surface area contributed by atoms with E-state index in [2.05, 4.69) is 22.4 Å². The molecular formula is C14H18ClN3OS. The van der Waals surface area contributed by atoms with E-state index in [1.807, 2.05) is 24.4 Å². The fraction of sp³-hybridized carbons (Fsp3) is 0.286. The summed E-state index contributed by atoms with van der Waals surface area (Å²) in [5.41, 5.74) is 6.61. The van der Waals surface area contributed by atoms with Crippen LogP contribution >= 0.6 is 23.7 Å². The predicted octanol–water partition coefficient (Wildman–Crippen LogP) is 2.83. The van der Waals surface area contributed by atoms with Crippen LogP contribution in [0.2, 0.25) is 0 Å². The van der Waals surface area contributed by atoms with E-state index < -0.39 is 0 Å². The molecule has 0 aliphatic heterocycles. The first-order valence-corrected chi connectivity index (χ1v) is 7.08. The lowest BCUT2D eigenvalue weighted by Gasteiger charge is -1.99. The summed E-state index contributed by atoms with van der Waals surface area (Å²) in [6.45, 7) is 0.532. The number of nitrogens with one attached hydrogen (secondary N) is 1. The number of anilines is 1. The Morgan fingerprint density at radius 2 is 2.05 bits per heavy atom. The molecule has 1 heterocycles. The molecule has 1 aromatic carbocycles. The third-order valence-electron chi connectivity index (χ3n) is 2.63. The van der Waals surface area contributed by atoms with E-state index in [9.17, 15) is 4.79 Å². The Hall–Kier alpha value is -1.43. The first kappa shape index (κ1) is 16.6. The average molecular weight is 312 g/mol. The summed E-state index contributed by atoms with van der Waals surface area (Å²) in [5.74, 6) is -0.0222. The summed E-state index contributed by atoms with van der Waals surface area (Å²) < 4.78 is 0. The highest BCUT2D eigenvalue weighted by atomic mass is 35.5. The Kier molecular flexibility index (Phi) is 7.22. The van der Waals surface area contributed by atoms with Crippen molar-refractivity contribution in [2.45, 2.75) is 19.3 Å². The number of hydrogen-bond donors (Lipinski definition) is 2. The Morgan fingerprint density at radius 1 is 1.30 bits per heavy atom. The van der Waals surface area contributed by atoms with Gasteiger partial charge >= 0.3 is 0 Å². The van der Waals surface area contributed by atoms with Gasteiger partial charge in [-0.25, -0.2) is 4.98 Å². The number of nitrogens with two attached hydrogens (primary N) is 1. The molecule has 6 heteroatoms. The van der Waals surface area contributed by atoms with E-state index >= 15 is 0 Å². The van der Waals surface area contributed by atoms with Gasteiger partial charge in [-0.1, -0.05) is 30.3 Å². The van der Waals surface area contributed by atoms with Gasteiger partial charge in [0.15, 0.2) is 5.13 Å². The number of benzene rings is 1. The van der Waals surface area contributed by atoms with Crippen LogP contribution in [0, 0.1) is 0 Å². The molecule has 0 aliphatic carbocycles. The van der Waals surface area contributed by atoms with E-state index in [4.69, 9.17) is 5.73 Å². The van der Waals surface area contributed by atoms with E-state index in [0.717, 1.165) is 11.3 Å². The smallest absolute Gasteiger partial charge is 0.226 e. The standard InChI is InChI=1S/C14H17N3OS.ClH/c15-8-4-7-13(18)17-14-16-10-12(19-14)9-11-5-2-1-3-6-11;/h1-3,5-6,10H,4,7-9,15H2,(H,16,17,18);1H. The molecule has 0 spiro atoms. The number of nitrogens with zero attached hydrogens (tertiary/aromatic N) is 1. The Balaban J connectivity index is 0.00000200. The Labute approximate surface area is 128 Å². The lowest BCUT2D eigenvalue weighted by atomic mass is 10.1. The minimum Gasteiger partial charge on any atom is -0.330 e. The highest BCUT2D eigenvalue weighted by Gasteiger charge is 2.06. The lowest BCUT2D eigenvalue weighted by molar-refractivity contribution is -0.116. The molecule has 0 radical (unpaired) electrons. The second kappa shape index (κ2) is 8.68. The van der Waals surface area contributed by atoms with Crippen molar-refractivity contribution in [1.82, 2.24) is 4.98 Å². The third-order valence-corrected chi connectivity index (χ3v) is 3.54. The summed E-state index contributed by atoms with van der Waals surface area (Å²) in [5, 5.41) is 3.46. The minimum atomic E-state index is -0.0222. The topological polar surface area (TPSA) is 68.0 Å². The number of rotatable bonds is 6. The van der Waals surface area contributed by atoms with Crippen LogP contribution in [0.15, 0.2) is 36.5 Å². The van der Waals surface area contributed by atoms with E-state index in [-0.39, 0.29) is 18.3 Å². The van der Waals surface area contributed by atoms with Crippen molar-refractivity contribution in [3.63, 3.8) is 0 Å². The highest BCUT2D eigenvalue weighted by Crippen LogP contribution is 2.21. The molecule has 0 saturated carbocycles. The quantitative estimate of drug-likeness (QED) is 0.862. The maximum atomic E-state index is 11.5. The zero-order valence-corrected chi connectivity index (χ0v) is 12.7. The van der Waals surface area contributed by atoms with Crippen molar-refractivity contribution in [1.29, 1.82) is 0 Å². The van der Waals surface area contributed by atoms with Gasteiger partial charge in [-0.15, -0.1) is 23.7 Å². The van der Waals surface area contributed by atoms with Crippen molar-refractivity contribution >= 4 is 34.8 Å². The van der Waals surface area contributed by atoms with Gasteiger partial charge in [-0.2, -0.15) is 0 Å². The molecule has 0 atom stereocenters. The van der Waals surface area contributed by atoms with E-state index in [1.54, 1.807) is 0 Å². The molecule has 108 valence electrons. The number of hydrogen-bond acceptors (Lipinski definition) is 4. The maximum absolute atomic E-state index is 11.5. The van der Waals surface area contributed by atoms with Crippen molar-refractivity contribution in [2.75, 3.05) is 11.9 Å². The number of carbonyl (C=O) groups is 1. The highest BCUT2D eigenvalue weighted by molar-refractivity contribution is 7.15. The van der Waals surface area contributed by atoms with Gasteiger partial charge in [-0.3, -0.25) is 4.79 Å². The summed E-state index contributed by atoms with van der Waals surface area (Å²) in [6.07, 6.45) is 3.81. The van der Waals surface area contributed by atoms with Gasteiger partial charge in [0.05, 0.1) is 0 Å². The van der Waals surface area contributed by atoms with Crippen molar-refractivity contribution in [2.24, 2.45) is 5.73 Å². The first-order chi connectivity index (χ1) is 9.28. The average Bonchev–Trinajstić information content (AvgIpc) is 2.85. The molecular weight excluding hydrogens is 294 g/mol. The molecule has 0 aliphatic rings. The second-order valence-electron chi connectivity index (χ2n) is 4.23. The number of thiazole rings is 1. The number of amides is 1. The summed E-state index contributed by atoms with van der Waals surface area (Å²) in [4.78, 5) is 16.9. The molecule has 0 saturated heterocycles. The number of carbonyl (C=O) groups excluding carboxylic acids is 1. The van der Waals surface area contributed by atoms with Gasteiger partial charge in [0.1, 0.15) is 0 Å². The largest absolute Gasteiger partial charge is 0.330 e. The maximum Gasteiger partial charge on any atom is 0.226 e. The zero-order valence-electron chi connectivity index (χ0n) is 11.0. The Morgan fingerprint density at radius 3 is 2.75 bits per heavy atom. The van der Waals surface area contributed by atoms with Gasteiger partial charge < -0.3 is 11.1 Å². The molecule has 2 rings (SSSR count). The van der Waals surface area contributed by atoms with Crippen LogP contribution in [0.5, 0.6) is 0 Å². The molecule has 2 aromatic rings. The van der Waals surface area contributed by atoms with E-state index in [1.165, 1.54) is 16.9 Å². The van der Waals surface area contributed by atoms with Gasteiger partial charge in [0.2, 0.25) is 5.91 Å². The monoisotopic (exact) mass is 311 g/mol. The molecule has 3 N–H and O–H groups in total. The second-order valence-corrected chi connectivity index (χ2v) is 5.35. The normalized spacial score (nSPS) is 9.85. The predicted molar refractivity (Wildman–Crippen MR) is 85.5 cm³/mol. The number of aromatic nitrogens is 1. The van der Waals surface area contributed by atoms with Crippen LogP contribution in [0.4, 0.5) is 5.13 Å². The molecule has 4 nitrogen and oxygen atoms in total. The number of halogens is 1. The molecule has 20 heavy (non-hydrogen) atoms. The van der Waals surface area contributed by atoms with E-state index in [0.29, 0.717) is 24.5 Å². The fourth-order valence-electron chi connectivity index (χ4n) is 1.69. The fourth-order valence-corrected chi connectivity index (χ4v) is 2.55. The minimum absolute atomic E-state index is 0. The summed E-state index contributed by atoms with van der Waals surface area (Å²) in [6, 6.07) is 10.2. The lowest BCUT2D eigenvalue weighted by Crippen LogP contribution is -2.13. The molecule has 0 fully saturated rings. The summed E-state index contributed by atoms with van der Waals surface area (Å²) >= 11 is 1.52. The summed E-state index contributed by atoms with van der Waals surface area (Å²) in [7, 11) is 0. The van der Waals surface area contributed by atoms with Gasteiger partial charge in [-0.05, 0) is 18.5 Å². The van der Waals surface area contributed by atoms with Crippen LogP contribution in [0.25, 0.3) is 0 Å². The molecule has 1 aromatic heterocycles. The van der Waals surface area contributed by atoms with Crippen molar-refractivity contribution < 1.29 is 4.79 Å². The Bertz CT molecular complexity index is 530. The van der Waals surface area contributed by atoms with Crippen molar-refractivity contribution in [3.05, 3.63) is 47.0 Å². The van der Waals surface area contributed by atoms with Crippen LogP contribution in [-0.2, 0) is 11.2 Å².